The Balaban J connectivity index is 2.19. The third kappa shape index (κ3) is 3.69. The van der Waals surface area contributed by atoms with E-state index in [1.807, 2.05) is 0 Å². The molecule has 1 saturated heterocycles. The number of carbonyl (C=O) groups excluding carboxylic acids is 1. The summed E-state index contributed by atoms with van der Waals surface area (Å²) in [6, 6.07) is 4.41. The Labute approximate surface area is 123 Å². The third-order valence-corrected chi connectivity index (χ3v) is 3.41. The summed E-state index contributed by atoms with van der Waals surface area (Å²) >= 11 is 0. The number of amides is 1. The Morgan fingerprint density at radius 3 is 2.86 bits per heavy atom. The Bertz CT molecular complexity index is 539. The second-order valence-corrected chi connectivity index (χ2v) is 5.24. The molecule has 114 valence electrons. The monoisotopic (exact) mass is 293 g/mol. The first kappa shape index (κ1) is 15.2. The lowest BCUT2D eigenvalue weighted by Gasteiger charge is -2.14. The van der Waals surface area contributed by atoms with Crippen molar-refractivity contribution in [2.24, 2.45) is 0 Å². The molecule has 0 bridgehead atoms. The van der Waals surface area contributed by atoms with Crippen molar-refractivity contribution < 1.29 is 14.5 Å². The number of nitro benzene ring substituents is 1. The van der Waals surface area contributed by atoms with E-state index in [-0.39, 0.29) is 23.4 Å². The molecule has 0 aromatic heterocycles. The fourth-order valence-electron chi connectivity index (χ4n) is 2.26. The highest BCUT2D eigenvalue weighted by molar-refractivity contribution is 5.94. The van der Waals surface area contributed by atoms with Crippen molar-refractivity contribution in [3.05, 3.63) is 33.9 Å². The second-order valence-electron chi connectivity index (χ2n) is 5.24. The van der Waals surface area contributed by atoms with Crippen LogP contribution in [0.5, 0.6) is 5.75 Å². The summed E-state index contributed by atoms with van der Waals surface area (Å²) in [6.45, 7) is 1.30. The van der Waals surface area contributed by atoms with E-state index in [9.17, 15) is 14.9 Å². The van der Waals surface area contributed by atoms with E-state index in [0.717, 1.165) is 19.4 Å². The lowest BCUT2D eigenvalue weighted by molar-refractivity contribution is -0.385. The first-order valence-electron chi connectivity index (χ1n) is 6.85. The molecule has 1 aromatic rings. The van der Waals surface area contributed by atoms with Gasteiger partial charge in [-0.05, 0) is 25.5 Å². The van der Waals surface area contributed by atoms with E-state index < -0.39 is 4.92 Å². The first-order chi connectivity index (χ1) is 9.99. The lowest BCUT2D eigenvalue weighted by Crippen LogP contribution is -2.28. The largest absolute Gasteiger partial charge is 0.485 e. The Kier molecular flexibility index (Phi) is 4.74. The summed E-state index contributed by atoms with van der Waals surface area (Å²) < 4.78 is 5.58. The molecule has 0 spiro atoms. The van der Waals surface area contributed by atoms with E-state index >= 15 is 0 Å². The van der Waals surface area contributed by atoms with Gasteiger partial charge in [0, 0.05) is 37.8 Å². The molecule has 1 atom stereocenters. The van der Waals surface area contributed by atoms with E-state index in [4.69, 9.17) is 4.74 Å². The molecule has 1 amide bonds. The molecule has 1 aliphatic heterocycles. The van der Waals surface area contributed by atoms with Gasteiger partial charge in [0.05, 0.1) is 4.92 Å². The molecule has 1 fully saturated rings. The van der Waals surface area contributed by atoms with E-state index in [1.54, 1.807) is 14.1 Å². The van der Waals surface area contributed by atoms with E-state index in [0.29, 0.717) is 12.2 Å². The Morgan fingerprint density at radius 2 is 2.29 bits per heavy atom. The highest BCUT2D eigenvalue weighted by atomic mass is 16.6. The normalized spacial score (nSPS) is 17.5. The van der Waals surface area contributed by atoms with Crippen molar-refractivity contribution in [3.8, 4) is 5.75 Å². The van der Waals surface area contributed by atoms with Gasteiger partial charge in [-0.25, -0.2) is 0 Å². The molecule has 0 saturated carbocycles. The van der Waals surface area contributed by atoms with Gasteiger partial charge < -0.3 is 15.0 Å². The topological polar surface area (TPSA) is 84.7 Å². The van der Waals surface area contributed by atoms with Gasteiger partial charge in [-0.3, -0.25) is 14.9 Å². The predicted octanol–water partition coefficient (Wildman–Crippen LogP) is 1.43. The second kappa shape index (κ2) is 6.53. The molecule has 2 rings (SSSR count). The Morgan fingerprint density at radius 1 is 1.52 bits per heavy atom. The van der Waals surface area contributed by atoms with Gasteiger partial charge >= 0.3 is 5.69 Å². The summed E-state index contributed by atoms with van der Waals surface area (Å²) in [7, 11) is 3.26. The molecule has 1 heterocycles. The molecule has 1 unspecified atom stereocenters. The molecule has 0 aliphatic carbocycles. The molecule has 1 aromatic carbocycles. The van der Waals surface area contributed by atoms with Crippen LogP contribution in [0.2, 0.25) is 0 Å². The minimum absolute atomic E-state index is 0.122. The molecule has 21 heavy (non-hydrogen) atoms. The molecule has 0 radical (unpaired) electrons. The van der Waals surface area contributed by atoms with Crippen molar-refractivity contribution in [3.63, 3.8) is 0 Å². The van der Waals surface area contributed by atoms with Crippen molar-refractivity contribution >= 4 is 11.6 Å². The number of nitrogens with one attached hydrogen (secondary N) is 1. The summed E-state index contributed by atoms with van der Waals surface area (Å²) in [6.07, 6.45) is 2.07. The van der Waals surface area contributed by atoms with Crippen LogP contribution in [-0.4, -0.2) is 49.0 Å². The van der Waals surface area contributed by atoms with Gasteiger partial charge in [0.2, 0.25) is 0 Å². The zero-order chi connectivity index (χ0) is 15.4. The van der Waals surface area contributed by atoms with E-state index in [2.05, 4.69) is 5.32 Å². The maximum Gasteiger partial charge on any atom is 0.310 e. The average molecular weight is 293 g/mol. The maximum atomic E-state index is 11.9. The maximum absolute atomic E-state index is 11.9. The average Bonchev–Trinajstić information content (AvgIpc) is 2.97. The number of carbonyl (C=O) groups is 1. The van der Waals surface area contributed by atoms with Gasteiger partial charge in [0.15, 0.2) is 5.75 Å². The SMILES string of the molecule is CN(C)C(=O)c1ccc([N+](=O)[O-])c(OCC2CCCN2)c1. The fourth-order valence-corrected chi connectivity index (χ4v) is 2.26. The van der Waals surface area contributed by atoms with Crippen LogP contribution in [0.25, 0.3) is 0 Å². The zero-order valence-electron chi connectivity index (χ0n) is 12.2. The lowest BCUT2D eigenvalue weighted by atomic mass is 10.1. The highest BCUT2D eigenvalue weighted by Gasteiger charge is 2.21. The number of rotatable bonds is 5. The molecular weight excluding hydrogens is 274 g/mol. The van der Waals surface area contributed by atoms with Crippen molar-refractivity contribution in [2.75, 3.05) is 27.2 Å². The van der Waals surface area contributed by atoms with Crippen LogP contribution >= 0.6 is 0 Å². The number of benzene rings is 1. The van der Waals surface area contributed by atoms with Crippen LogP contribution in [0, 0.1) is 10.1 Å². The zero-order valence-corrected chi connectivity index (χ0v) is 12.2. The molecule has 7 nitrogen and oxygen atoms in total. The van der Waals surface area contributed by atoms with Crippen LogP contribution in [0.1, 0.15) is 23.2 Å². The minimum Gasteiger partial charge on any atom is -0.485 e. The predicted molar refractivity (Wildman–Crippen MR) is 77.6 cm³/mol. The number of hydrogen-bond acceptors (Lipinski definition) is 5. The summed E-state index contributed by atoms with van der Waals surface area (Å²) in [5.41, 5.74) is 0.253. The minimum atomic E-state index is -0.499. The molecule has 1 N–H and O–H groups in total. The van der Waals surface area contributed by atoms with Crippen LogP contribution in [0.4, 0.5) is 5.69 Å². The van der Waals surface area contributed by atoms with Crippen molar-refractivity contribution in [2.45, 2.75) is 18.9 Å². The number of nitrogens with zero attached hydrogens (tertiary/aromatic N) is 2. The van der Waals surface area contributed by atoms with Gasteiger partial charge in [0.25, 0.3) is 5.91 Å². The summed E-state index contributed by atoms with van der Waals surface area (Å²) in [5.74, 6) is -0.0739. The first-order valence-corrected chi connectivity index (χ1v) is 6.85. The van der Waals surface area contributed by atoms with Crippen molar-refractivity contribution in [1.82, 2.24) is 10.2 Å². The van der Waals surface area contributed by atoms with Crippen LogP contribution in [0.3, 0.4) is 0 Å². The van der Waals surface area contributed by atoms with Gasteiger partial charge in [-0.1, -0.05) is 0 Å². The van der Waals surface area contributed by atoms with E-state index in [1.165, 1.54) is 23.1 Å². The third-order valence-electron chi connectivity index (χ3n) is 3.41. The van der Waals surface area contributed by atoms with Crippen LogP contribution in [-0.2, 0) is 0 Å². The number of nitro groups is 1. The molecule has 7 heteroatoms. The van der Waals surface area contributed by atoms with Crippen LogP contribution < -0.4 is 10.1 Å². The summed E-state index contributed by atoms with van der Waals surface area (Å²) in [5, 5.41) is 14.3. The van der Waals surface area contributed by atoms with Gasteiger partial charge in [-0.15, -0.1) is 0 Å². The van der Waals surface area contributed by atoms with Crippen molar-refractivity contribution in [1.29, 1.82) is 0 Å². The molecular formula is C14H19N3O4. The smallest absolute Gasteiger partial charge is 0.310 e. The van der Waals surface area contributed by atoms with Crippen LogP contribution in [0.15, 0.2) is 18.2 Å². The standard InChI is InChI=1S/C14H19N3O4/c1-16(2)14(18)10-5-6-12(17(19)20)13(8-10)21-9-11-4-3-7-15-11/h5-6,8,11,15H,3-4,7,9H2,1-2H3. The molecule has 1 aliphatic rings. The van der Waals surface area contributed by atoms with Gasteiger partial charge in [-0.2, -0.15) is 0 Å². The Hall–Kier alpha value is -2.15. The summed E-state index contributed by atoms with van der Waals surface area (Å²) in [4.78, 5) is 23.9. The number of ether oxygens (including phenoxy) is 1. The highest BCUT2D eigenvalue weighted by Crippen LogP contribution is 2.28. The van der Waals surface area contributed by atoms with Gasteiger partial charge in [0.1, 0.15) is 6.61 Å². The quantitative estimate of drug-likeness (QED) is 0.655. The fraction of sp³-hybridized carbons (Fsp3) is 0.500. The number of hydrogen-bond donors (Lipinski definition) is 1.